The lowest BCUT2D eigenvalue weighted by molar-refractivity contribution is -0.134. The fraction of sp³-hybridized carbons (Fsp3) is 0.350. The van der Waals surface area contributed by atoms with Crippen molar-refractivity contribution in [1.82, 2.24) is 9.21 Å². The van der Waals surface area contributed by atoms with E-state index < -0.39 is 10.0 Å². The summed E-state index contributed by atoms with van der Waals surface area (Å²) in [4.78, 5) is 14.5. The molecule has 144 valence electrons. The summed E-state index contributed by atoms with van der Waals surface area (Å²) in [5.41, 5.74) is 3.14. The van der Waals surface area contributed by atoms with Crippen molar-refractivity contribution < 1.29 is 17.9 Å². The van der Waals surface area contributed by atoms with Crippen LogP contribution in [0.4, 0.5) is 0 Å². The highest BCUT2D eigenvalue weighted by Gasteiger charge is 2.22. The molecule has 0 saturated carbocycles. The number of rotatable bonds is 5. The molecule has 27 heavy (non-hydrogen) atoms. The molecule has 6 nitrogen and oxygen atoms in total. The van der Waals surface area contributed by atoms with E-state index in [0.29, 0.717) is 24.4 Å². The van der Waals surface area contributed by atoms with Crippen molar-refractivity contribution in [2.45, 2.75) is 24.8 Å². The molecule has 0 fully saturated rings. The average Bonchev–Trinajstić information content (AvgIpc) is 2.66. The number of sulfonamides is 1. The summed E-state index contributed by atoms with van der Waals surface area (Å²) >= 11 is 0. The van der Waals surface area contributed by atoms with Gasteiger partial charge in [0.05, 0.1) is 4.90 Å². The molecule has 0 atom stereocenters. The van der Waals surface area contributed by atoms with Crippen LogP contribution in [0.5, 0.6) is 5.75 Å². The quantitative estimate of drug-likeness (QED) is 0.788. The number of aryl methyl sites for hydroxylation is 1. The van der Waals surface area contributed by atoms with Gasteiger partial charge in [-0.3, -0.25) is 4.79 Å². The van der Waals surface area contributed by atoms with Crippen molar-refractivity contribution in [2.24, 2.45) is 0 Å². The highest BCUT2D eigenvalue weighted by molar-refractivity contribution is 7.89. The number of carbonyl (C=O) groups excluding carboxylic acids is 1. The lowest BCUT2D eigenvalue weighted by Crippen LogP contribution is -2.38. The van der Waals surface area contributed by atoms with Crippen molar-refractivity contribution in [3.63, 3.8) is 0 Å². The summed E-state index contributed by atoms with van der Waals surface area (Å²) in [5, 5.41) is 0. The summed E-state index contributed by atoms with van der Waals surface area (Å²) in [5.74, 6) is 0.437. The highest BCUT2D eigenvalue weighted by Crippen LogP contribution is 2.24. The van der Waals surface area contributed by atoms with E-state index in [4.69, 9.17) is 4.74 Å². The first-order valence-corrected chi connectivity index (χ1v) is 10.2. The lowest BCUT2D eigenvalue weighted by atomic mass is 10.00. The molecule has 0 aliphatic carbocycles. The molecule has 0 spiro atoms. The molecule has 3 rings (SSSR count). The average molecular weight is 388 g/mol. The molecule has 1 aliphatic heterocycles. The Bertz CT molecular complexity index is 954. The minimum atomic E-state index is -3.49. The molecule has 0 aromatic heterocycles. The molecule has 1 aliphatic rings. The van der Waals surface area contributed by atoms with Crippen molar-refractivity contribution in [3.05, 3.63) is 59.2 Å². The Morgan fingerprint density at radius 2 is 1.85 bits per heavy atom. The van der Waals surface area contributed by atoms with Gasteiger partial charge in [-0.05, 0) is 48.2 Å². The van der Waals surface area contributed by atoms with Gasteiger partial charge in [0.1, 0.15) is 5.75 Å². The van der Waals surface area contributed by atoms with Gasteiger partial charge < -0.3 is 9.64 Å². The van der Waals surface area contributed by atoms with Gasteiger partial charge in [-0.15, -0.1) is 0 Å². The first kappa shape index (κ1) is 19.4. The second-order valence-electron chi connectivity index (χ2n) is 6.84. The van der Waals surface area contributed by atoms with E-state index in [0.717, 1.165) is 6.42 Å². The number of ether oxygens (including phenoxy) is 1. The number of hydrogen-bond donors (Lipinski definition) is 0. The Balaban J connectivity index is 1.64. The second-order valence-corrected chi connectivity index (χ2v) is 8.99. The number of benzene rings is 2. The van der Waals surface area contributed by atoms with Gasteiger partial charge in [-0.1, -0.05) is 24.3 Å². The maximum absolute atomic E-state index is 12.5. The van der Waals surface area contributed by atoms with E-state index in [1.165, 1.54) is 35.6 Å². The molecule has 0 radical (unpaired) electrons. The molecular formula is C20H24N2O4S. The Morgan fingerprint density at radius 3 is 2.52 bits per heavy atom. The molecule has 0 unspecified atom stereocenters. The van der Waals surface area contributed by atoms with Gasteiger partial charge >= 0.3 is 0 Å². The molecule has 2 aromatic carbocycles. The number of fused-ring (bicyclic) bond motifs is 1. The minimum Gasteiger partial charge on any atom is -0.483 e. The van der Waals surface area contributed by atoms with Crippen LogP contribution in [0.2, 0.25) is 0 Å². The maximum atomic E-state index is 12.5. The molecule has 1 amide bonds. The van der Waals surface area contributed by atoms with Crippen LogP contribution in [-0.4, -0.2) is 50.8 Å². The molecular weight excluding hydrogens is 364 g/mol. The zero-order valence-corrected chi connectivity index (χ0v) is 16.6. The number of hydrogen-bond acceptors (Lipinski definition) is 4. The number of carbonyl (C=O) groups is 1. The van der Waals surface area contributed by atoms with E-state index in [9.17, 15) is 13.2 Å². The van der Waals surface area contributed by atoms with Gasteiger partial charge in [0.2, 0.25) is 10.0 Å². The van der Waals surface area contributed by atoms with Crippen LogP contribution >= 0.6 is 0 Å². The third-order valence-corrected chi connectivity index (χ3v) is 6.57. The second kappa shape index (κ2) is 7.70. The van der Waals surface area contributed by atoms with Crippen LogP contribution in [0.15, 0.2) is 47.4 Å². The van der Waals surface area contributed by atoms with Crippen molar-refractivity contribution >= 4 is 15.9 Å². The van der Waals surface area contributed by atoms with Gasteiger partial charge in [0.15, 0.2) is 6.61 Å². The van der Waals surface area contributed by atoms with E-state index in [-0.39, 0.29) is 17.4 Å². The Morgan fingerprint density at radius 1 is 1.15 bits per heavy atom. The van der Waals surface area contributed by atoms with Crippen LogP contribution < -0.4 is 4.74 Å². The predicted molar refractivity (Wildman–Crippen MR) is 103 cm³/mol. The third kappa shape index (κ3) is 4.14. The van der Waals surface area contributed by atoms with E-state index in [1.807, 2.05) is 18.2 Å². The van der Waals surface area contributed by atoms with Crippen LogP contribution in [0.25, 0.3) is 0 Å². The fourth-order valence-corrected chi connectivity index (χ4v) is 4.08. The maximum Gasteiger partial charge on any atom is 0.260 e. The number of amides is 1. The minimum absolute atomic E-state index is 0.0667. The van der Waals surface area contributed by atoms with Crippen molar-refractivity contribution in [2.75, 3.05) is 27.2 Å². The van der Waals surface area contributed by atoms with Gasteiger partial charge in [-0.25, -0.2) is 12.7 Å². The van der Waals surface area contributed by atoms with Crippen molar-refractivity contribution in [1.29, 1.82) is 0 Å². The van der Waals surface area contributed by atoms with Crippen LogP contribution in [0.3, 0.4) is 0 Å². The molecule has 1 heterocycles. The lowest BCUT2D eigenvalue weighted by Gasteiger charge is -2.28. The first-order valence-electron chi connectivity index (χ1n) is 8.79. The SMILES string of the molecule is Cc1cc(S(=O)(=O)N(C)C)ccc1OCC(=O)N1CCc2ccccc2C1. The van der Waals surface area contributed by atoms with Gasteiger partial charge in [-0.2, -0.15) is 0 Å². The summed E-state index contributed by atoms with van der Waals surface area (Å²) in [7, 11) is -0.509. The highest BCUT2D eigenvalue weighted by atomic mass is 32.2. The van der Waals surface area contributed by atoms with Crippen LogP contribution in [0, 0.1) is 6.92 Å². The van der Waals surface area contributed by atoms with E-state index in [2.05, 4.69) is 6.07 Å². The van der Waals surface area contributed by atoms with E-state index in [1.54, 1.807) is 24.0 Å². The molecule has 2 aromatic rings. The summed E-state index contributed by atoms with van der Waals surface area (Å²) in [6.07, 6.45) is 0.845. The summed E-state index contributed by atoms with van der Waals surface area (Å²) in [6.45, 7) is 2.98. The fourth-order valence-electron chi connectivity index (χ4n) is 3.09. The first-order chi connectivity index (χ1) is 12.8. The van der Waals surface area contributed by atoms with E-state index >= 15 is 0 Å². The standard InChI is InChI=1S/C20H24N2O4S/c1-15-12-18(27(24,25)21(2)3)8-9-19(15)26-14-20(23)22-11-10-16-6-4-5-7-17(16)13-22/h4-9,12H,10-11,13-14H2,1-3H3. The smallest absolute Gasteiger partial charge is 0.260 e. The zero-order chi connectivity index (χ0) is 19.6. The van der Waals surface area contributed by atoms with Crippen molar-refractivity contribution in [3.8, 4) is 5.75 Å². The molecule has 0 bridgehead atoms. The Kier molecular flexibility index (Phi) is 5.53. The van der Waals surface area contributed by atoms with Crippen LogP contribution in [0.1, 0.15) is 16.7 Å². The summed E-state index contributed by atoms with van der Waals surface area (Å²) < 4.78 is 31.2. The Hall–Kier alpha value is -2.38. The van der Waals surface area contributed by atoms with Gasteiger partial charge in [0.25, 0.3) is 5.91 Å². The normalized spacial score (nSPS) is 14.1. The zero-order valence-electron chi connectivity index (χ0n) is 15.8. The summed E-state index contributed by atoms with van der Waals surface area (Å²) in [6, 6.07) is 12.8. The molecule has 7 heteroatoms. The van der Waals surface area contributed by atoms with Gasteiger partial charge in [0, 0.05) is 27.2 Å². The molecule has 0 N–H and O–H groups in total. The van der Waals surface area contributed by atoms with Crippen LogP contribution in [-0.2, 0) is 27.8 Å². The monoisotopic (exact) mass is 388 g/mol. The number of nitrogens with zero attached hydrogens (tertiary/aromatic N) is 2. The Labute approximate surface area is 160 Å². The largest absolute Gasteiger partial charge is 0.483 e. The topological polar surface area (TPSA) is 66.9 Å². The molecule has 0 saturated heterocycles. The predicted octanol–water partition coefficient (Wildman–Crippen LogP) is 2.21. The third-order valence-electron chi connectivity index (χ3n) is 4.76.